The maximum absolute atomic E-state index is 11.7. The standard InChI is InChI=1S/C13H23N3O/c1-10(16(2)3)7-9-13(12(15)17)8-5-4-6-11(13)14/h4-6,8,10-11H,7,9,14H2,1-3H3,(H2,15,17). The molecule has 0 radical (unpaired) electrons. The van der Waals surface area contributed by atoms with Crippen molar-refractivity contribution in [3.8, 4) is 0 Å². The Morgan fingerprint density at radius 2 is 2.12 bits per heavy atom. The fourth-order valence-corrected chi connectivity index (χ4v) is 2.02. The molecule has 0 saturated carbocycles. The van der Waals surface area contributed by atoms with Gasteiger partial charge in [0.2, 0.25) is 5.91 Å². The molecule has 1 aliphatic rings. The second-order valence-electron chi connectivity index (χ2n) is 5.03. The van der Waals surface area contributed by atoms with Gasteiger partial charge in [0.05, 0.1) is 5.41 Å². The third-order valence-corrected chi connectivity index (χ3v) is 3.73. The van der Waals surface area contributed by atoms with Crippen molar-refractivity contribution in [2.45, 2.75) is 31.8 Å². The lowest BCUT2D eigenvalue weighted by Gasteiger charge is -2.35. The van der Waals surface area contributed by atoms with Crippen LogP contribution in [0.25, 0.3) is 0 Å². The van der Waals surface area contributed by atoms with Crippen molar-refractivity contribution in [1.29, 1.82) is 0 Å². The van der Waals surface area contributed by atoms with Crippen LogP contribution in [0.1, 0.15) is 19.8 Å². The van der Waals surface area contributed by atoms with Crippen LogP contribution in [-0.4, -0.2) is 37.0 Å². The number of nitrogens with two attached hydrogens (primary N) is 2. The number of primary amides is 1. The molecule has 4 nitrogen and oxygen atoms in total. The lowest BCUT2D eigenvalue weighted by molar-refractivity contribution is -0.126. The van der Waals surface area contributed by atoms with Gasteiger partial charge in [0.25, 0.3) is 0 Å². The number of amides is 1. The molecule has 1 amide bonds. The van der Waals surface area contributed by atoms with Crippen molar-refractivity contribution in [1.82, 2.24) is 4.90 Å². The molecular formula is C13H23N3O. The highest BCUT2D eigenvalue weighted by molar-refractivity contribution is 5.84. The summed E-state index contributed by atoms with van der Waals surface area (Å²) in [5.74, 6) is -0.337. The molecule has 1 aliphatic carbocycles. The Balaban J connectivity index is 2.77. The van der Waals surface area contributed by atoms with Gasteiger partial charge in [-0.2, -0.15) is 0 Å². The van der Waals surface area contributed by atoms with Gasteiger partial charge in [-0.05, 0) is 33.9 Å². The Bertz CT molecular complexity index is 336. The van der Waals surface area contributed by atoms with E-state index < -0.39 is 5.41 Å². The van der Waals surface area contributed by atoms with Gasteiger partial charge in [-0.3, -0.25) is 4.79 Å². The zero-order chi connectivity index (χ0) is 13.1. The van der Waals surface area contributed by atoms with E-state index >= 15 is 0 Å². The number of carbonyl (C=O) groups excluding carboxylic acids is 1. The Morgan fingerprint density at radius 1 is 1.47 bits per heavy atom. The summed E-state index contributed by atoms with van der Waals surface area (Å²) in [6, 6.07) is 0.0806. The summed E-state index contributed by atoms with van der Waals surface area (Å²) in [7, 11) is 4.05. The molecule has 0 bridgehead atoms. The van der Waals surface area contributed by atoms with Crippen LogP contribution in [0.15, 0.2) is 24.3 Å². The highest BCUT2D eigenvalue weighted by Crippen LogP contribution is 2.33. The fraction of sp³-hybridized carbons (Fsp3) is 0.615. The van der Waals surface area contributed by atoms with E-state index in [2.05, 4.69) is 11.8 Å². The van der Waals surface area contributed by atoms with E-state index in [9.17, 15) is 4.79 Å². The molecule has 4 N–H and O–H groups in total. The van der Waals surface area contributed by atoms with Crippen molar-refractivity contribution in [2.24, 2.45) is 16.9 Å². The van der Waals surface area contributed by atoms with Gasteiger partial charge in [-0.15, -0.1) is 0 Å². The summed E-state index contributed by atoms with van der Waals surface area (Å²) in [6.45, 7) is 2.13. The lowest BCUT2D eigenvalue weighted by Crippen LogP contribution is -2.50. The Kier molecular flexibility index (Phi) is 4.48. The van der Waals surface area contributed by atoms with E-state index in [-0.39, 0.29) is 11.9 Å². The molecule has 17 heavy (non-hydrogen) atoms. The van der Waals surface area contributed by atoms with Crippen molar-refractivity contribution in [3.63, 3.8) is 0 Å². The van der Waals surface area contributed by atoms with E-state index in [0.29, 0.717) is 12.5 Å². The van der Waals surface area contributed by atoms with Crippen molar-refractivity contribution in [2.75, 3.05) is 14.1 Å². The summed E-state index contributed by atoms with van der Waals surface area (Å²) in [5.41, 5.74) is 10.8. The highest BCUT2D eigenvalue weighted by atomic mass is 16.1. The van der Waals surface area contributed by atoms with Gasteiger partial charge < -0.3 is 16.4 Å². The summed E-state index contributed by atoms with van der Waals surface area (Å²) < 4.78 is 0. The van der Waals surface area contributed by atoms with Crippen LogP contribution in [0.3, 0.4) is 0 Å². The second kappa shape index (κ2) is 5.47. The highest BCUT2D eigenvalue weighted by Gasteiger charge is 2.39. The number of rotatable bonds is 5. The molecule has 0 aromatic carbocycles. The topological polar surface area (TPSA) is 72.3 Å². The number of nitrogens with zero attached hydrogens (tertiary/aromatic N) is 1. The molecule has 96 valence electrons. The second-order valence-corrected chi connectivity index (χ2v) is 5.03. The van der Waals surface area contributed by atoms with Crippen LogP contribution < -0.4 is 11.5 Å². The maximum Gasteiger partial charge on any atom is 0.229 e. The van der Waals surface area contributed by atoms with Crippen LogP contribution in [0.2, 0.25) is 0 Å². The van der Waals surface area contributed by atoms with Gasteiger partial charge in [-0.25, -0.2) is 0 Å². The molecule has 4 heteroatoms. The molecule has 0 heterocycles. The van der Waals surface area contributed by atoms with Gasteiger partial charge in [0, 0.05) is 12.1 Å². The zero-order valence-electron chi connectivity index (χ0n) is 10.9. The molecule has 0 aromatic heterocycles. The van der Waals surface area contributed by atoms with Crippen molar-refractivity contribution < 1.29 is 4.79 Å². The van der Waals surface area contributed by atoms with Crippen LogP contribution in [0.5, 0.6) is 0 Å². The molecule has 0 fully saturated rings. The third kappa shape index (κ3) is 2.96. The van der Waals surface area contributed by atoms with E-state index in [1.54, 1.807) is 0 Å². The van der Waals surface area contributed by atoms with Gasteiger partial charge >= 0.3 is 0 Å². The third-order valence-electron chi connectivity index (χ3n) is 3.73. The SMILES string of the molecule is CC(CCC1(C(N)=O)C=CC=CC1N)N(C)C. The van der Waals surface area contributed by atoms with Crippen LogP contribution in [0.4, 0.5) is 0 Å². The monoisotopic (exact) mass is 237 g/mol. The molecule has 1 rings (SSSR count). The van der Waals surface area contributed by atoms with Crippen LogP contribution >= 0.6 is 0 Å². The average Bonchev–Trinajstić information content (AvgIpc) is 2.27. The molecule has 0 aromatic rings. The minimum absolute atomic E-state index is 0.320. The van der Waals surface area contributed by atoms with Crippen molar-refractivity contribution >= 4 is 5.91 Å². The summed E-state index contributed by atoms with van der Waals surface area (Å²) >= 11 is 0. The van der Waals surface area contributed by atoms with Gasteiger partial charge in [0.15, 0.2) is 0 Å². The van der Waals surface area contributed by atoms with E-state index in [4.69, 9.17) is 11.5 Å². The molecular weight excluding hydrogens is 214 g/mol. The van der Waals surface area contributed by atoms with Crippen LogP contribution in [0, 0.1) is 5.41 Å². The van der Waals surface area contributed by atoms with E-state index in [0.717, 1.165) is 6.42 Å². The summed E-state index contributed by atoms with van der Waals surface area (Å²) in [4.78, 5) is 13.8. The smallest absolute Gasteiger partial charge is 0.229 e. The van der Waals surface area contributed by atoms with Crippen LogP contribution in [-0.2, 0) is 4.79 Å². The lowest BCUT2D eigenvalue weighted by atomic mass is 9.73. The summed E-state index contributed by atoms with van der Waals surface area (Å²) in [5, 5.41) is 0. The largest absolute Gasteiger partial charge is 0.369 e. The normalized spacial score (nSPS) is 29.6. The first kappa shape index (κ1) is 13.9. The van der Waals surface area contributed by atoms with Gasteiger partial charge in [-0.1, -0.05) is 24.3 Å². The predicted molar refractivity (Wildman–Crippen MR) is 70.3 cm³/mol. The van der Waals surface area contributed by atoms with Crippen molar-refractivity contribution in [3.05, 3.63) is 24.3 Å². The first-order chi connectivity index (χ1) is 7.90. The molecule has 3 unspecified atom stereocenters. The minimum atomic E-state index is -0.723. The summed E-state index contributed by atoms with van der Waals surface area (Å²) in [6.07, 6.45) is 8.98. The molecule has 3 atom stereocenters. The Morgan fingerprint density at radius 3 is 2.59 bits per heavy atom. The first-order valence-electron chi connectivity index (χ1n) is 5.98. The number of hydrogen-bond donors (Lipinski definition) is 2. The fourth-order valence-electron chi connectivity index (χ4n) is 2.02. The van der Waals surface area contributed by atoms with E-state index in [1.165, 1.54) is 0 Å². The minimum Gasteiger partial charge on any atom is -0.369 e. The predicted octanol–water partition coefficient (Wildman–Crippen LogP) is 0.642. The maximum atomic E-state index is 11.7. The molecule has 0 spiro atoms. The first-order valence-corrected chi connectivity index (χ1v) is 5.98. The molecule has 0 saturated heterocycles. The van der Waals surface area contributed by atoms with E-state index in [1.807, 2.05) is 38.4 Å². The quantitative estimate of drug-likeness (QED) is 0.737. The average molecular weight is 237 g/mol. The number of carbonyl (C=O) groups is 1. The Hall–Kier alpha value is -1.13. The Labute approximate surface area is 103 Å². The van der Waals surface area contributed by atoms with Gasteiger partial charge in [0.1, 0.15) is 0 Å². The number of hydrogen-bond acceptors (Lipinski definition) is 3. The number of allylic oxidation sites excluding steroid dienone is 2. The molecule has 0 aliphatic heterocycles. The zero-order valence-corrected chi connectivity index (χ0v) is 10.9.